The Morgan fingerprint density at radius 1 is 1.38 bits per heavy atom. The lowest BCUT2D eigenvalue weighted by molar-refractivity contribution is -0.131. The molecule has 1 aliphatic heterocycles. The molecule has 3 rings (SSSR count). The van der Waals surface area contributed by atoms with Crippen molar-refractivity contribution in [3.05, 3.63) is 28.8 Å². The van der Waals surface area contributed by atoms with E-state index in [4.69, 9.17) is 10.3 Å². The van der Waals surface area contributed by atoms with Gasteiger partial charge < -0.3 is 5.11 Å². The fraction of sp³-hybridized carbons (Fsp3) is 0.455. The number of fused-ring (bicyclic) bond motifs is 1. The van der Waals surface area contributed by atoms with Gasteiger partial charge in [0.15, 0.2) is 9.84 Å². The highest BCUT2D eigenvalue weighted by molar-refractivity contribution is 7.92. The van der Waals surface area contributed by atoms with Gasteiger partial charge in [-0.05, 0) is 43.4 Å². The maximum absolute atomic E-state index is 12.1. The van der Waals surface area contributed by atoms with Crippen molar-refractivity contribution in [1.82, 2.24) is 15.4 Å². The van der Waals surface area contributed by atoms with Gasteiger partial charge in [-0.25, -0.2) is 18.9 Å². The van der Waals surface area contributed by atoms with E-state index in [1.54, 1.807) is 0 Å². The van der Waals surface area contributed by atoms with Gasteiger partial charge in [0.25, 0.3) is 5.91 Å². The van der Waals surface area contributed by atoms with Gasteiger partial charge in [0.2, 0.25) is 0 Å². The van der Waals surface area contributed by atoms with Crippen molar-refractivity contribution in [3.8, 4) is 23.7 Å². The molecule has 0 spiro atoms. The third kappa shape index (κ3) is 5.47. The molecular weight excluding hydrogens is 450 g/mol. The normalized spacial score (nSPS) is 16.2. The van der Waals surface area contributed by atoms with Crippen LogP contribution in [0.2, 0.25) is 0 Å². The number of likely N-dealkylation sites (tertiary alicyclic amines) is 1. The van der Waals surface area contributed by atoms with Gasteiger partial charge in [0.05, 0.1) is 21.8 Å². The van der Waals surface area contributed by atoms with E-state index >= 15 is 0 Å². The maximum Gasteiger partial charge on any atom is 0.264 e. The van der Waals surface area contributed by atoms with Gasteiger partial charge >= 0.3 is 0 Å². The summed E-state index contributed by atoms with van der Waals surface area (Å²) in [5.41, 5.74) is 3.03. The van der Waals surface area contributed by atoms with Gasteiger partial charge in [0.1, 0.15) is 4.75 Å². The van der Waals surface area contributed by atoms with E-state index < -0.39 is 20.5 Å². The minimum absolute atomic E-state index is 0.00278. The zero-order chi connectivity index (χ0) is 23.4. The number of carbonyl (C=O) groups is 1. The monoisotopic (exact) mass is 475 g/mol. The number of aromatic nitrogens is 1. The molecule has 0 bridgehead atoms. The second-order valence-corrected chi connectivity index (χ2v) is 11.5. The molecule has 0 radical (unpaired) electrons. The predicted octanol–water partition coefficient (Wildman–Crippen LogP) is 0.817. The van der Waals surface area contributed by atoms with Crippen molar-refractivity contribution in [2.24, 2.45) is 5.92 Å². The average Bonchev–Trinajstić information content (AvgIpc) is 3.13. The van der Waals surface area contributed by atoms with E-state index in [0.29, 0.717) is 17.5 Å². The molecule has 3 N–H and O–H groups in total. The highest BCUT2D eigenvalue weighted by Crippen LogP contribution is 2.28. The van der Waals surface area contributed by atoms with Crippen LogP contribution in [0.5, 0.6) is 0 Å². The number of carbonyl (C=O) groups excluding carboxylic acids is 1. The number of aliphatic hydroxyl groups excluding tert-OH is 1. The number of nitrogens with zero attached hydrogens (tertiary/aromatic N) is 2. The molecule has 8 nitrogen and oxygen atoms in total. The van der Waals surface area contributed by atoms with Crippen molar-refractivity contribution in [2.75, 3.05) is 32.5 Å². The second kappa shape index (κ2) is 9.99. The van der Waals surface area contributed by atoms with Crippen LogP contribution < -0.4 is 5.48 Å². The van der Waals surface area contributed by atoms with E-state index in [-0.39, 0.29) is 19.4 Å². The first-order chi connectivity index (χ1) is 15.2. The summed E-state index contributed by atoms with van der Waals surface area (Å²) in [5, 5.41) is 18.5. The Labute approximate surface area is 191 Å². The lowest BCUT2D eigenvalue weighted by atomic mass is 10.0. The van der Waals surface area contributed by atoms with Crippen LogP contribution in [0, 0.1) is 29.6 Å². The SMILES string of the molecule is C[C@@](CCc1nc2ccc(C#CC#CC3CN(CCO)C3)cc2s1)(C(=O)NO)S(C)(=O)=O. The van der Waals surface area contributed by atoms with Crippen LogP contribution in [0.3, 0.4) is 0 Å². The largest absolute Gasteiger partial charge is 0.395 e. The van der Waals surface area contributed by atoms with Crippen molar-refractivity contribution in [2.45, 2.75) is 24.5 Å². The number of aryl methyl sites for hydroxylation is 1. The van der Waals surface area contributed by atoms with Crippen molar-refractivity contribution in [3.63, 3.8) is 0 Å². The fourth-order valence-electron chi connectivity index (χ4n) is 3.31. The van der Waals surface area contributed by atoms with E-state index in [1.807, 2.05) is 18.2 Å². The van der Waals surface area contributed by atoms with Gasteiger partial charge in [-0.3, -0.25) is 14.9 Å². The maximum atomic E-state index is 12.1. The molecular formula is C22H25N3O5S2. The number of aliphatic hydroxyl groups is 1. The molecule has 1 atom stereocenters. The third-order valence-electron chi connectivity index (χ3n) is 5.57. The number of sulfone groups is 1. The Hall–Kier alpha value is -2.47. The van der Waals surface area contributed by atoms with Crippen LogP contribution in [-0.2, 0) is 21.1 Å². The highest BCUT2D eigenvalue weighted by Gasteiger charge is 2.43. The number of hydrogen-bond acceptors (Lipinski definition) is 8. The number of thiazole rings is 1. The summed E-state index contributed by atoms with van der Waals surface area (Å²) in [5.74, 6) is 11.3. The molecule has 2 heterocycles. The summed E-state index contributed by atoms with van der Waals surface area (Å²) in [6.07, 6.45) is 1.25. The molecule has 1 saturated heterocycles. The lowest BCUT2D eigenvalue weighted by Gasteiger charge is -2.35. The Kier molecular flexibility index (Phi) is 7.55. The quantitative estimate of drug-likeness (QED) is 0.308. The topological polar surface area (TPSA) is 120 Å². The third-order valence-corrected chi connectivity index (χ3v) is 8.67. The zero-order valence-electron chi connectivity index (χ0n) is 17.9. The van der Waals surface area contributed by atoms with Gasteiger partial charge in [0, 0.05) is 43.8 Å². The first kappa shape index (κ1) is 24.2. The minimum atomic E-state index is -3.75. The zero-order valence-corrected chi connectivity index (χ0v) is 19.5. The summed E-state index contributed by atoms with van der Waals surface area (Å²) >= 11 is 1.41. The number of β-amino-alcohol motifs (C(OH)–C–C–N with tert-alkyl or cyclic N) is 1. The Bertz CT molecular complexity index is 1230. The summed E-state index contributed by atoms with van der Waals surface area (Å²) in [6, 6.07) is 5.61. The van der Waals surface area contributed by atoms with Crippen LogP contribution >= 0.6 is 11.3 Å². The molecule has 0 saturated carbocycles. The highest BCUT2D eigenvalue weighted by atomic mass is 32.2. The lowest BCUT2D eigenvalue weighted by Crippen LogP contribution is -2.49. The van der Waals surface area contributed by atoms with Crippen molar-refractivity contribution in [1.29, 1.82) is 0 Å². The molecule has 2 aromatic rings. The van der Waals surface area contributed by atoms with Gasteiger partial charge in [-0.15, -0.1) is 11.3 Å². The number of amides is 1. The van der Waals surface area contributed by atoms with Crippen molar-refractivity contribution >= 4 is 37.3 Å². The molecule has 1 aromatic heterocycles. The average molecular weight is 476 g/mol. The van der Waals surface area contributed by atoms with Crippen LogP contribution in [0.15, 0.2) is 18.2 Å². The standard InChI is InChI=1S/C22H25N3O5S2/c1-22(21(27)24-28,32(2,29)30)10-9-20-23-18-8-7-16(13-19(18)31-20)5-3-4-6-17-14-25(15-17)11-12-26/h7-8,13,17,26,28H,9-12,14-15H2,1-2H3,(H,24,27)/t22-/m1/s1. The van der Waals surface area contributed by atoms with E-state index in [1.165, 1.54) is 23.7 Å². The van der Waals surface area contributed by atoms with Crippen LogP contribution in [-0.4, -0.2) is 71.8 Å². The first-order valence-corrected chi connectivity index (χ1v) is 12.8. The summed E-state index contributed by atoms with van der Waals surface area (Å²) < 4.78 is 23.4. The summed E-state index contributed by atoms with van der Waals surface area (Å²) in [4.78, 5) is 18.6. The number of nitrogens with one attached hydrogen (secondary N) is 1. The molecule has 10 heteroatoms. The summed E-state index contributed by atoms with van der Waals surface area (Å²) in [7, 11) is -3.75. The molecule has 1 aliphatic rings. The van der Waals surface area contributed by atoms with E-state index in [9.17, 15) is 13.2 Å². The fourth-order valence-corrected chi connectivity index (χ4v) is 5.18. The van der Waals surface area contributed by atoms with Crippen molar-refractivity contribution < 1.29 is 23.5 Å². The van der Waals surface area contributed by atoms with Crippen LogP contribution in [0.4, 0.5) is 0 Å². The number of rotatable bonds is 7. The first-order valence-electron chi connectivity index (χ1n) is 10.0. The molecule has 0 aliphatic carbocycles. The minimum Gasteiger partial charge on any atom is -0.395 e. The second-order valence-electron chi connectivity index (χ2n) is 7.93. The molecule has 32 heavy (non-hydrogen) atoms. The molecule has 1 fully saturated rings. The number of benzene rings is 1. The number of hydroxylamine groups is 1. The Morgan fingerprint density at radius 3 is 2.78 bits per heavy atom. The molecule has 170 valence electrons. The van der Waals surface area contributed by atoms with E-state index in [2.05, 4.69) is 33.6 Å². The Balaban J connectivity index is 1.66. The van der Waals surface area contributed by atoms with Crippen LogP contribution in [0.1, 0.15) is 23.9 Å². The van der Waals surface area contributed by atoms with Gasteiger partial charge in [-0.1, -0.05) is 11.8 Å². The molecule has 1 aromatic carbocycles. The van der Waals surface area contributed by atoms with Gasteiger partial charge in [-0.2, -0.15) is 0 Å². The smallest absolute Gasteiger partial charge is 0.264 e. The van der Waals surface area contributed by atoms with Crippen LogP contribution in [0.25, 0.3) is 10.2 Å². The molecule has 0 unspecified atom stereocenters. The van der Waals surface area contributed by atoms with E-state index in [0.717, 1.165) is 35.1 Å². The molecule has 1 amide bonds. The Morgan fingerprint density at radius 2 is 2.12 bits per heavy atom. The predicted molar refractivity (Wildman–Crippen MR) is 123 cm³/mol. The summed E-state index contributed by atoms with van der Waals surface area (Å²) in [6.45, 7) is 3.87. The number of hydrogen-bond donors (Lipinski definition) is 3.